The van der Waals surface area contributed by atoms with Gasteiger partial charge in [0, 0.05) is 31.9 Å². The van der Waals surface area contributed by atoms with E-state index in [1.165, 1.54) is 34.1 Å². The minimum atomic E-state index is -0.185. The number of rotatable bonds is 6. The third-order valence-electron chi connectivity index (χ3n) is 4.90. The van der Waals surface area contributed by atoms with Gasteiger partial charge in [-0.1, -0.05) is 29.2 Å². The maximum Gasteiger partial charge on any atom is 0.273 e. The second-order valence-electron chi connectivity index (χ2n) is 7.02. The van der Waals surface area contributed by atoms with Crippen molar-refractivity contribution in [2.24, 2.45) is 7.05 Å². The summed E-state index contributed by atoms with van der Waals surface area (Å²) in [5.74, 6) is 0.615. The van der Waals surface area contributed by atoms with E-state index in [1.54, 1.807) is 26.3 Å². The molecule has 158 valence electrons. The van der Waals surface area contributed by atoms with Crippen molar-refractivity contribution in [1.29, 1.82) is 0 Å². The number of hydrogen-bond acceptors (Lipinski definition) is 8. The monoisotopic (exact) mass is 445 g/mol. The Balaban J connectivity index is 1.48. The summed E-state index contributed by atoms with van der Waals surface area (Å²) in [6.07, 6.45) is 3.52. The highest BCUT2D eigenvalue weighted by molar-refractivity contribution is 7.99. The number of carbonyl (C=O) groups is 1. The quantitative estimate of drug-likeness (QED) is 0.461. The SMILES string of the molecule is COc1cccc(NC(=O)CSc2nc3nc(N4CCCCC4)sc3c(=O)n2C)c1. The number of piperidine rings is 1. The molecule has 30 heavy (non-hydrogen) atoms. The number of fused-ring (bicyclic) bond motifs is 1. The Labute approximate surface area is 182 Å². The molecule has 1 aliphatic rings. The standard InChI is InChI=1S/C20H23N5O3S2/c1-24-18(27)16-17(23-20(30-16)25-9-4-3-5-10-25)22-19(24)29-12-15(26)21-13-7-6-8-14(11-13)28-2/h6-8,11H,3-5,9-10,12H2,1-2H3,(H,21,26). The summed E-state index contributed by atoms with van der Waals surface area (Å²) >= 11 is 2.62. The number of thioether (sulfide) groups is 1. The number of nitrogens with one attached hydrogen (secondary N) is 1. The van der Waals surface area contributed by atoms with Gasteiger partial charge in [-0.3, -0.25) is 14.2 Å². The zero-order valence-corrected chi connectivity index (χ0v) is 18.5. The Morgan fingerprint density at radius 1 is 1.27 bits per heavy atom. The lowest BCUT2D eigenvalue weighted by atomic mass is 10.1. The number of thiazole rings is 1. The normalized spacial score (nSPS) is 14.1. The molecule has 1 N–H and O–H groups in total. The molecule has 1 aliphatic heterocycles. The van der Waals surface area contributed by atoms with E-state index in [4.69, 9.17) is 4.74 Å². The van der Waals surface area contributed by atoms with E-state index in [2.05, 4.69) is 20.2 Å². The first-order valence-electron chi connectivity index (χ1n) is 9.74. The minimum Gasteiger partial charge on any atom is -0.497 e. The van der Waals surface area contributed by atoms with Crippen LogP contribution in [0.3, 0.4) is 0 Å². The lowest BCUT2D eigenvalue weighted by Gasteiger charge is -2.25. The lowest BCUT2D eigenvalue weighted by molar-refractivity contribution is -0.113. The third kappa shape index (κ3) is 4.44. The van der Waals surface area contributed by atoms with Crippen molar-refractivity contribution in [3.8, 4) is 5.75 Å². The van der Waals surface area contributed by atoms with E-state index in [-0.39, 0.29) is 17.2 Å². The number of carbonyl (C=O) groups excluding carboxylic acids is 1. The number of ether oxygens (including phenoxy) is 1. The van der Waals surface area contributed by atoms with Gasteiger partial charge < -0.3 is 15.0 Å². The number of nitrogens with zero attached hydrogens (tertiary/aromatic N) is 4. The Morgan fingerprint density at radius 2 is 2.07 bits per heavy atom. The van der Waals surface area contributed by atoms with Crippen LogP contribution in [-0.2, 0) is 11.8 Å². The number of amides is 1. The maximum atomic E-state index is 12.8. The second-order valence-corrected chi connectivity index (χ2v) is 8.94. The van der Waals surface area contributed by atoms with Crippen LogP contribution in [0.4, 0.5) is 10.8 Å². The first kappa shape index (κ1) is 20.7. The first-order valence-corrected chi connectivity index (χ1v) is 11.5. The fraction of sp³-hybridized carbons (Fsp3) is 0.400. The van der Waals surface area contributed by atoms with E-state index in [1.807, 2.05) is 12.1 Å². The molecule has 0 unspecified atom stereocenters. The Hall–Kier alpha value is -2.59. The molecule has 4 rings (SSSR count). The molecule has 0 aliphatic carbocycles. The van der Waals surface area contributed by atoms with E-state index >= 15 is 0 Å². The molecule has 1 aromatic carbocycles. The predicted octanol–water partition coefficient (Wildman–Crippen LogP) is 3.12. The van der Waals surface area contributed by atoms with Crippen LogP contribution in [0.1, 0.15) is 19.3 Å². The van der Waals surface area contributed by atoms with Crippen molar-refractivity contribution in [3.63, 3.8) is 0 Å². The number of anilines is 2. The van der Waals surface area contributed by atoms with Crippen molar-refractivity contribution < 1.29 is 9.53 Å². The molecule has 1 fully saturated rings. The summed E-state index contributed by atoms with van der Waals surface area (Å²) in [7, 11) is 3.26. The van der Waals surface area contributed by atoms with Crippen LogP contribution in [0.2, 0.25) is 0 Å². The van der Waals surface area contributed by atoms with Gasteiger partial charge in [-0.15, -0.1) is 0 Å². The van der Waals surface area contributed by atoms with E-state index in [0.717, 1.165) is 31.1 Å². The molecule has 0 spiro atoms. The summed E-state index contributed by atoms with van der Waals surface area (Å²) in [5, 5.41) is 4.16. The molecule has 3 aromatic rings. The molecule has 0 radical (unpaired) electrons. The average Bonchev–Trinajstić information content (AvgIpc) is 3.20. The summed E-state index contributed by atoms with van der Waals surface area (Å²) in [6.45, 7) is 1.93. The van der Waals surface area contributed by atoms with Gasteiger partial charge in [-0.05, 0) is 31.4 Å². The van der Waals surface area contributed by atoms with Crippen LogP contribution in [-0.4, -0.2) is 46.4 Å². The van der Waals surface area contributed by atoms with Gasteiger partial charge in [0.15, 0.2) is 15.9 Å². The average molecular weight is 446 g/mol. The van der Waals surface area contributed by atoms with Crippen molar-refractivity contribution >= 4 is 50.2 Å². The highest BCUT2D eigenvalue weighted by atomic mass is 32.2. The molecule has 8 nitrogen and oxygen atoms in total. The number of aromatic nitrogens is 3. The zero-order chi connectivity index (χ0) is 21.1. The third-order valence-corrected chi connectivity index (χ3v) is 7.02. The van der Waals surface area contributed by atoms with E-state index in [0.29, 0.717) is 26.9 Å². The summed E-state index contributed by atoms with van der Waals surface area (Å²) in [5.41, 5.74) is 0.985. The molecule has 2 aromatic heterocycles. The summed E-state index contributed by atoms with van der Waals surface area (Å²) in [4.78, 5) is 36.5. The lowest BCUT2D eigenvalue weighted by Crippen LogP contribution is -2.29. The van der Waals surface area contributed by atoms with Crippen LogP contribution in [0.5, 0.6) is 5.75 Å². The Kier molecular flexibility index (Phi) is 6.24. The molecule has 1 amide bonds. The number of hydrogen-bond donors (Lipinski definition) is 1. The molecule has 1 saturated heterocycles. The van der Waals surface area contributed by atoms with Gasteiger partial charge in [-0.25, -0.2) is 4.98 Å². The highest BCUT2D eigenvalue weighted by Gasteiger charge is 2.19. The summed E-state index contributed by atoms with van der Waals surface area (Å²) < 4.78 is 7.22. The summed E-state index contributed by atoms with van der Waals surface area (Å²) in [6, 6.07) is 7.16. The predicted molar refractivity (Wildman–Crippen MR) is 121 cm³/mol. The Morgan fingerprint density at radius 3 is 2.83 bits per heavy atom. The molecule has 10 heteroatoms. The van der Waals surface area contributed by atoms with Gasteiger partial charge in [0.05, 0.1) is 12.9 Å². The van der Waals surface area contributed by atoms with Crippen molar-refractivity contribution in [3.05, 3.63) is 34.6 Å². The van der Waals surface area contributed by atoms with Crippen molar-refractivity contribution in [2.75, 3.05) is 36.2 Å². The fourth-order valence-corrected chi connectivity index (χ4v) is 5.09. The second kappa shape index (κ2) is 9.05. The molecule has 3 heterocycles. The van der Waals surface area contributed by atoms with E-state index in [9.17, 15) is 9.59 Å². The molecule has 0 atom stereocenters. The van der Waals surface area contributed by atoms with Crippen molar-refractivity contribution in [2.45, 2.75) is 24.4 Å². The highest BCUT2D eigenvalue weighted by Crippen LogP contribution is 2.29. The minimum absolute atomic E-state index is 0.128. The van der Waals surface area contributed by atoms with Crippen LogP contribution in [0, 0.1) is 0 Å². The topological polar surface area (TPSA) is 89.3 Å². The maximum absolute atomic E-state index is 12.8. The van der Waals surface area contributed by atoms with Crippen molar-refractivity contribution in [1.82, 2.24) is 14.5 Å². The molecule has 0 saturated carbocycles. The largest absolute Gasteiger partial charge is 0.497 e. The zero-order valence-electron chi connectivity index (χ0n) is 16.9. The van der Waals surface area contributed by atoms with Gasteiger partial charge >= 0.3 is 0 Å². The van der Waals surface area contributed by atoms with Crippen LogP contribution >= 0.6 is 23.1 Å². The molecular formula is C20H23N5O3S2. The number of methoxy groups -OCH3 is 1. The molecular weight excluding hydrogens is 422 g/mol. The molecule has 0 bridgehead atoms. The van der Waals surface area contributed by atoms with Gasteiger partial charge in [-0.2, -0.15) is 4.98 Å². The van der Waals surface area contributed by atoms with Gasteiger partial charge in [0.1, 0.15) is 10.4 Å². The van der Waals surface area contributed by atoms with Crippen LogP contribution in [0.25, 0.3) is 10.3 Å². The van der Waals surface area contributed by atoms with E-state index < -0.39 is 0 Å². The van der Waals surface area contributed by atoms with Crippen LogP contribution in [0.15, 0.2) is 34.2 Å². The fourth-order valence-electron chi connectivity index (χ4n) is 3.30. The first-order chi connectivity index (χ1) is 14.5. The Bertz CT molecular complexity index is 1120. The van der Waals surface area contributed by atoms with Gasteiger partial charge in [0.2, 0.25) is 5.91 Å². The smallest absolute Gasteiger partial charge is 0.273 e. The van der Waals surface area contributed by atoms with Crippen LogP contribution < -0.4 is 20.5 Å². The van der Waals surface area contributed by atoms with Gasteiger partial charge in [0.25, 0.3) is 5.56 Å². The number of benzene rings is 1.